The quantitative estimate of drug-likeness (QED) is 0.532. The number of piperidine rings is 1. The molecule has 1 fully saturated rings. The lowest BCUT2D eigenvalue weighted by Crippen LogP contribution is -2.34. The number of halogens is 1. The van der Waals surface area contributed by atoms with Gasteiger partial charge in [-0.25, -0.2) is 9.37 Å². The Bertz CT molecular complexity index is 1080. The van der Waals surface area contributed by atoms with Gasteiger partial charge in [-0.1, -0.05) is 0 Å². The smallest absolute Gasteiger partial charge is 0.152 e. The number of aromatic nitrogens is 3. The Hall–Kier alpha value is -1.83. The highest BCUT2D eigenvalue weighted by Crippen LogP contribution is 2.41. The third-order valence-corrected chi connectivity index (χ3v) is 7.43. The normalized spacial score (nSPS) is 21.0. The first kappa shape index (κ1) is 16.4. The first-order valence-corrected chi connectivity index (χ1v) is 10.5. The summed E-state index contributed by atoms with van der Waals surface area (Å²) in [5.41, 5.74) is 1.24. The maximum absolute atomic E-state index is 14.4. The van der Waals surface area contributed by atoms with Crippen LogP contribution in [0.3, 0.4) is 0 Å². The van der Waals surface area contributed by atoms with Crippen molar-refractivity contribution in [2.45, 2.75) is 31.7 Å². The van der Waals surface area contributed by atoms with Crippen LogP contribution >= 0.6 is 22.7 Å². The number of nitrogens with one attached hydrogen (secondary N) is 1. The van der Waals surface area contributed by atoms with Gasteiger partial charge in [-0.3, -0.25) is 4.68 Å². The SMILES string of the molecule is CC1CC(c2cc3sc(-c4cc(F)c5nn(C)cc5c4)nc3s2)CCN1. The summed E-state index contributed by atoms with van der Waals surface area (Å²) in [7, 11) is 1.81. The van der Waals surface area contributed by atoms with E-state index in [1.165, 1.54) is 22.4 Å². The van der Waals surface area contributed by atoms with Crippen LogP contribution in [0.25, 0.3) is 31.0 Å². The molecule has 4 heterocycles. The van der Waals surface area contributed by atoms with E-state index in [-0.39, 0.29) is 5.82 Å². The minimum atomic E-state index is -0.291. The van der Waals surface area contributed by atoms with Gasteiger partial charge in [0.15, 0.2) is 5.82 Å². The summed E-state index contributed by atoms with van der Waals surface area (Å²) in [4.78, 5) is 7.30. The van der Waals surface area contributed by atoms with Crippen LogP contribution in [0.15, 0.2) is 24.4 Å². The standard InChI is InChI=1S/C19H19FN4S2/c1-10-5-11(3-4-21-10)15-8-16-19(25-15)22-18(26-16)12-6-13-9-24(2)23-17(13)14(20)7-12/h6-11,21H,3-5H2,1-2H3. The number of benzene rings is 1. The van der Waals surface area contributed by atoms with E-state index in [9.17, 15) is 4.39 Å². The van der Waals surface area contributed by atoms with Crippen molar-refractivity contribution in [3.8, 4) is 10.6 Å². The lowest BCUT2D eigenvalue weighted by molar-refractivity contribution is 0.384. The molecule has 2 unspecified atom stereocenters. The van der Waals surface area contributed by atoms with Gasteiger partial charge in [0.25, 0.3) is 0 Å². The molecule has 1 aromatic carbocycles. The number of nitrogens with zero attached hydrogens (tertiary/aromatic N) is 3. The monoisotopic (exact) mass is 386 g/mol. The molecule has 2 atom stereocenters. The van der Waals surface area contributed by atoms with Crippen LogP contribution in [0.1, 0.15) is 30.6 Å². The second-order valence-electron chi connectivity index (χ2n) is 7.11. The largest absolute Gasteiger partial charge is 0.314 e. The molecule has 4 aromatic rings. The molecule has 0 amide bonds. The van der Waals surface area contributed by atoms with Crippen LogP contribution in [-0.2, 0) is 7.05 Å². The maximum Gasteiger partial charge on any atom is 0.152 e. The second kappa shape index (κ2) is 6.11. The number of aryl methyl sites for hydroxylation is 1. The summed E-state index contributed by atoms with van der Waals surface area (Å²) >= 11 is 3.44. The van der Waals surface area contributed by atoms with Gasteiger partial charge < -0.3 is 5.32 Å². The molecular formula is C19H19FN4S2. The zero-order valence-electron chi connectivity index (χ0n) is 14.6. The summed E-state index contributed by atoms with van der Waals surface area (Å²) in [6, 6.07) is 6.39. The van der Waals surface area contributed by atoms with Crippen molar-refractivity contribution in [1.29, 1.82) is 0 Å². The molecule has 1 aliphatic heterocycles. The van der Waals surface area contributed by atoms with E-state index in [0.29, 0.717) is 17.5 Å². The topological polar surface area (TPSA) is 42.7 Å². The van der Waals surface area contributed by atoms with E-state index in [1.54, 1.807) is 33.4 Å². The van der Waals surface area contributed by atoms with Crippen molar-refractivity contribution in [3.63, 3.8) is 0 Å². The predicted octanol–water partition coefficient (Wildman–Crippen LogP) is 4.91. The number of thiophene rings is 1. The molecule has 3 aromatic heterocycles. The molecule has 134 valence electrons. The van der Waals surface area contributed by atoms with Crippen LogP contribution in [0.2, 0.25) is 0 Å². The number of thiazole rings is 1. The Kier molecular flexibility index (Phi) is 3.84. The Morgan fingerprint density at radius 3 is 2.96 bits per heavy atom. The van der Waals surface area contributed by atoms with Gasteiger partial charge in [0.05, 0.1) is 4.70 Å². The Balaban J connectivity index is 1.51. The predicted molar refractivity (Wildman–Crippen MR) is 107 cm³/mol. The molecule has 0 radical (unpaired) electrons. The van der Waals surface area contributed by atoms with Crippen molar-refractivity contribution in [2.24, 2.45) is 7.05 Å². The van der Waals surface area contributed by atoms with Gasteiger partial charge >= 0.3 is 0 Å². The number of hydrogen-bond donors (Lipinski definition) is 1. The third kappa shape index (κ3) is 2.74. The van der Waals surface area contributed by atoms with Crippen LogP contribution in [0, 0.1) is 5.82 Å². The zero-order chi connectivity index (χ0) is 17.8. The van der Waals surface area contributed by atoms with Gasteiger partial charge in [0.1, 0.15) is 15.4 Å². The van der Waals surface area contributed by atoms with E-state index in [4.69, 9.17) is 4.98 Å². The van der Waals surface area contributed by atoms with Crippen molar-refractivity contribution < 1.29 is 4.39 Å². The second-order valence-corrected chi connectivity index (χ2v) is 9.21. The minimum absolute atomic E-state index is 0.291. The molecule has 1 saturated heterocycles. The molecule has 1 aliphatic rings. The van der Waals surface area contributed by atoms with Gasteiger partial charge in [-0.05, 0) is 50.4 Å². The molecule has 0 bridgehead atoms. The van der Waals surface area contributed by atoms with Crippen LogP contribution in [0.4, 0.5) is 4.39 Å². The van der Waals surface area contributed by atoms with E-state index in [1.807, 2.05) is 19.3 Å². The molecular weight excluding hydrogens is 367 g/mol. The fourth-order valence-corrected chi connectivity index (χ4v) is 6.16. The average molecular weight is 387 g/mol. The summed E-state index contributed by atoms with van der Waals surface area (Å²) in [6.07, 6.45) is 4.21. The fraction of sp³-hybridized carbons (Fsp3) is 0.368. The van der Waals surface area contributed by atoms with Crippen molar-refractivity contribution in [2.75, 3.05) is 6.54 Å². The Labute approximate surface area is 158 Å². The van der Waals surface area contributed by atoms with Gasteiger partial charge in [-0.15, -0.1) is 22.7 Å². The molecule has 26 heavy (non-hydrogen) atoms. The van der Waals surface area contributed by atoms with Gasteiger partial charge in [-0.2, -0.15) is 5.10 Å². The highest BCUT2D eigenvalue weighted by Gasteiger charge is 2.23. The van der Waals surface area contributed by atoms with Crippen LogP contribution in [0.5, 0.6) is 0 Å². The van der Waals surface area contributed by atoms with Gasteiger partial charge in [0, 0.05) is 35.1 Å². The zero-order valence-corrected chi connectivity index (χ0v) is 16.3. The molecule has 5 rings (SSSR count). The molecule has 7 heteroatoms. The van der Waals surface area contributed by atoms with E-state index < -0.39 is 0 Å². The number of rotatable bonds is 2. The molecule has 0 spiro atoms. The lowest BCUT2D eigenvalue weighted by atomic mass is 9.92. The summed E-state index contributed by atoms with van der Waals surface area (Å²) in [6.45, 7) is 3.34. The number of fused-ring (bicyclic) bond motifs is 2. The highest BCUT2D eigenvalue weighted by atomic mass is 32.1. The third-order valence-electron chi connectivity index (χ3n) is 5.06. The van der Waals surface area contributed by atoms with Crippen LogP contribution < -0.4 is 5.32 Å². The Morgan fingerprint density at radius 1 is 1.27 bits per heavy atom. The first-order valence-electron chi connectivity index (χ1n) is 8.84. The summed E-state index contributed by atoms with van der Waals surface area (Å²) in [5.74, 6) is 0.339. The lowest BCUT2D eigenvalue weighted by Gasteiger charge is -2.27. The fourth-order valence-electron chi connectivity index (χ4n) is 3.80. The van der Waals surface area contributed by atoms with Crippen molar-refractivity contribution in [3.05, 3.63) is 35.1 Å². The molecule has 0 saturated carbocycles. The van der Waals surface area contributed by atoms with Crippen molar-refractivity contribution >= 4 is 43.1 Å². The number of hydrogen-bond acceptors (Lipinski definition) is 5. The molecule has 0 aliphatic carbocycles. The summed E-state index contributed by atoms with van der Waals surface area (Å²) < 4.78 is 17.2. The molecule has 4 nitrogen and oxygen atoms in total. The summed E-state index contributed by atoms with van der Waals surface area (Å²) in [5, 5.41) is 9.37. The van der Waals surface area contributed by atoms with E-state index in [0.717, 1.165) is 27.3 Å². The average Bonchev–Trinajstić information content (AvgIpc) is 3.26. The van der Waals surface area contributed by atoms with E-state index >= 15 is 0 Å². The minimum Gasteiger partial charge on any atom is -0.314 e. The van der Waals surface area contributed by atoms with Crippen molar-refractivity contribution in [1.82, 2.24) is 20.1 Å². The van der Waals surface area contributed by atoms with Crippen LogP contribution in [-0.4, -0.2) is 27.4 Å². The highest BCUT2D eigenvalue weighted by molar-refractivity contribution is 7.28. The van der Waals surface area contributed by atoms with E-state index in [2.05, 4.69) is 23.4 Å². The maximum atomic E-state index is 14.4. The molecule has 1 N–H and O–H groups in total. The van der Waals surface area contributed by atoms with Gasteiger partial charge in [0.2, 0.25) is 0 Å². The Morgan fingerprint density at radius 2 is 2.15 bits per heavy atom. The first-order chi connectivity index (χ1) is 12.6.